The van der Waals surface area contributed by atoms with Gasteiger partial charge >= 0.3 is 5.97 Å². The predicted molar refractivity (Wildman–Crippen MR) is 50.6 cm³/mol. The van der Waals surface area contributed by atoms with E-state index in [0.29, 0.717) is 11.1 Å². The van der Waals surface area contributed by atoms with Gasteiger partial charge in [-0.2, -0.15) is 0 Å². The van der Waals surface area contributed by atoms with Crippen LogP contribution in [0.2, 0.25) is 0 Å². The van der Waals surface area contributed by atoms with Crippen LogP contribution in [0.5, 0.6) is 5.75 Å². The SMILES string of the molecule is O=C(O)C[C@@H]1NC(=O)c2cc(O)ccc21. The van der Waals surface area contributed by atoms with Crippen molar-refractivity contribution in [1.29, 1.82) is 0 Å². The van der Waals surface area contributed by atoms with Gasteiger partial charge in [-0.05, 0) is 17.7 Å². The molecule has 0 radical (unpaired) electrons. The first kappa shape index (κ1) is 9.51. The van der Waals surface area contributed by atoms with Gasteiger partial charge < -0.3 is 15.5 Å². The van der Waals surface area contributed by atoms with Crippen molar-refractivity contribution in [2.24, 2.45) is 0 Å². The van der Waals surface area contributed by atoms with Crippen LogP contribution in [-0.4, -0.2) is 22.1 Å². The molecule has 1 aliphatic rings. The van der Waals surface area contributed by atoms with Gasteiger partial charge in [0.25, 0.3) is 5.91 Å². The molecule has 0 aromatic heterocycles. The van der Waals surface area contributed by atoms with Crippen molar-refractivity contribution in [1.82, 2.24) is 5.32 Å². The molecule has 2 rings (SSSR count). The Morgan fingerprint density at radius 2 is 2.20 bits per heavy atom. The van der Waals surface area contributed by atoms with Crippen LogP contribution < -0.4 is 5.32 Å². The predicted octanol–water partition coefficient (Wildman–Crippen LogP) is 0.651. The summed E-state index contributed by atoms with van der Waals surface area (Å²) in [6.07, 6.45) is -0.149. The third-order valence-corrected chi connectivity index (χ3v) is 2.34. The van der Waals surface area contributed by atoms with Crippen LogP contribution in [0.15, 0.2) is 18.2 Å². The molecule has 5 heteroatoms. The van der Waals surface area contributed by atoms with Crippen LogP contribution in [0.4, 0.5) is 0 Å². The number of aliphatic carboxylic acids is 1. The number of nitrogens with one attached hydrogen (secondary N) is 1. The molecular formula is C10H9NO4. The number of phenols is 1. The Morgan fingerprint density at radius 3 is 2.87 bits per heavy atom. The topological polar surface area (TPSA) is 86.6 Å². The maximum absolute atomic E-state index is 11.4. The second-order valence-corrected chi connectivity index (χ2v) is 3.40. The highest BCUT2D eigenvalue weighted by molar-refractivity contribution is 6.00. The second kappa shape index (κ2) is 3.27. The fourth-order valence-electron chi connectivity index (χ4n) is 1.69. The maximum Gasteiger partial charge on any atom is 0.305 e. The molecule has 0 spiro atoms. The fraction of sp³-hybridized carbons (Fsp3) is 0.200. The molecule has 0 unspecified atom stereocenters. The molecule has 1 amide bonds. The summed E-state index contributed by atoms with van der Waals surface area (Å²) in [6, 6.07) is 3.85. The number of carboxylic acids is 1. The zero-order valence-corrected chi connectivity index (χ0v) is 7.73. The van der Waals surface area contributed by atoms with Crippen LogP contribution in [0.3, 0.4) is 0 Å². The number of hydrogen-bond donors (Lipinski definition) is 3. The number of amides is 1. The Balaban J connectivity index is 2.38. The normalized spacial score (nSPS) is 18.4. The molecule has 0 bridgehead atoms. The molecule has 0 fully saturated rings. The summed E-state index contributed by atoms with van der Waals surface area (Å²) in [5.74, 6) is -1.31. The molecule has 1 aromatic carbocycles. The highest BCUT2D eigenvalue weighted by Gasteiger charge is 2.30. The summed E-state index contributed by atoms with van der Waals surface area (Å²) in [7, 11) is 0. The Hall–Kier alpha value is -2.04. The van der Waals surface area contributed by atoms with Gasteiger partial charge in [-0.1, -0.05) is 6.07 Å². The monoisotopic (exact) mass is 207 g/mol. The minimum atomic E-state index is -0.971. The van der Waals surface area contributed by atoms with Crippen LogP contribution in [-0.2, 0) is 4.79 Å². The molecule has 1 aromatic rings. The molecule has 78 valence electrons. The summed E-state index contributed by atoms with van der Waals surface area (Å²) >= 11 is 0. The number of fused-ring (bicyclic) bond motifs is 1. The first-order chi connectivity index (χ1) is 7.08. The number of carboxylic acid groups (broad SMARTS) is 1. The number of phenolic OH excluding ortho intramolecular Hbond substituents is 1. The van der Waals surface area contributed by atoms with Crippen molar-refractivity contribution in [3.63, 3.8) is 0 Å². The molecule has 1 heterocycles. The average molecular weight is 207 g/mol. The van der Waals surface area contributed by atoms with E-state index < -0.39 is 12.0 Å². The van der Waals surface area contributed by atoms with Crippen molar-refractivity contribution < 1.29 is 19.8 Å². The summed E-state index contributed by atoms with van der Waals surface area (Å²) in [6.45, 7) is 0. The minimum absolute atomic E-state index is 0.000116. The van der Waals surface area contributed by atoms with Gasteiger partial charge in [0.05, 0.1) is 12.5 Å². The van der Waals surface area contributed by atoms with Crippen LogP contribution >= 0.6 is 0 Å². The maximum atomic E-state index is 11.4. The highest BCUT2D eigenvalue weighted by Crippen LogP contribution is 2.30. The molecule has 15 heavy (non-hydrogen) atoms. The van der Waals surface area contributed by atoms with E-state index in [9.17, 15) is 14.7 Å². The smallest absolute Gasteiger partial charge is 0.305 e. The Morgan fingerprint density at radius 1 is 1.47 bits per heavy atom. The lowest BCUT2D eigenvalue weighted by atomic mass is 10.0. The van der Waals surface area contributed by atoms with Gasteiger partial charge in [0.15, 0.2) is 0 Å². The largest absolute Gasteiger partial charge is 0.508 e. The summed E-state index contributed by atoms with van der Waals surface area (Å²) in [4.78, 5) is 21.9. The Labute approximate surface area is 85.3 Å². The Kier molecular flexibility index (Phi) is 2.07. The zero-order chi connectivity index (χ0) is 11.0. The van der Waals surface area contributed by atoms with E-state index >= 15 is 0 Å². The molecule has 1 aliphatic heterocycles. The number of rotatable bonds is 2. The number of carbonyl (C=O) groups is 2. The van der Waals surface area contributed by atoms with Gasteiger partial charge in [0.2, 0.25) is 0 Å². The zero-order valence-electron chi connectivity index (χ0n) is 7.73. The minimum Gasteiger partial charge on any atom is -0.508 e. The van der Waals surface area contributed by atoms with E-state index in [0.717, 1.165) is 0 Å². The summed E-state index contributed by atoms with van der Waals surface area (Å²) in [5, 5.41) is 20.4. The van der Waals surface area contributed by atoms with Crippen LogP contribution in [0.25, 0.3) is 0 Å². The van der Waals surface area contributed by atoms with Crippen LogP contribution in [0.1, 0.15) is 28.4 Å². The lowest BCUT2D eigenvalue weighted by Gasteiger charge is -2.07. The van der Waals surface area contributed by atoms with Crippen molar-refractivity contribution >= 4 is 11.9 Å². The standard InChI is InChI=1S/C10H9NO4/c12-5-1-2-6-7(3-5)10(15)11-8(6)4-9(13)14/h1-3,8,12H,4H2,(H,11,15)(H,13,14)/t8-/m0/s1. The fourth-order valence-corrected chi connectivity index (χ4v) is 1.69. The third-order valence-electron chi connectivity index (χ3n) is 2.34. The van der Waals surface area contributed by atoms with Gasteiger partial charge in [-0.3, -0.25) is 9.59 Å². The molecule has 0 saturated carbocycles. The van der Waals surface area contributed by atoms with E-state index in [1.165, 1.54) is 12.1 Å². The second-order valence-electron chi connectivity index (χ2n) is 3.40. The van der Waals surface area contributed by atoms with E-state index in [1.54, 1.807) is 6.07 Å². The molecule has 3 N–H and O–H groups in total. The third kappa shape index (κ3) is 1.63. The first-order valence-electron chi connectivity index (χ1n) is 4.43. The van der Waals surface area contributed by atoms with Crippen molar-refractivity contribution in [3.8, 4) is 5.75 Å². The molecular weight excluding hydrogens is 198 g/mol. The van der Waals surface area contributed by atoms with E-state index in [4.69, 9.17) is 5.11 Å². The highest BCUT2D eigenvalue weighted by atomic mass is 16.4. The number of aromatic hydroxyl groups is 1. The van der Waals surface area contributed by atoms with E-state index in [2.05, 4.69) is 5.32 Å². The van der Waals surface area contributed by atoms with Crippen LogP contribution in [0, 0.1) is 0 Å². The van der Waals surface area contributed by atoms with Gasteiger partial charge in [-0.25, -0.2) is 0 Å². The lowest BCUT2D eigenvalue weighted by molar-refractivity contribution is -0.137. The van der Waals surface area contributed by atoms with E-state index in [-0.39, 0.29) is 18.1 Å². The summed E-state index contributed by atoms with van der Waals surface area (Å²) < 4.78 is 0. The van der Waals surface area contributed by atoms with Gasteiger partial charge in [0.1, 0.15) is 5.75 Å². The van der Waals surface area contributed by atoms with Gasteiger partial charge in [0, 0.05) is 5.56 Å². The van der Waals surface area contributed by atoms with Crippen molar-refractivity contribution in [2.75, 3.05) is 0 Å². The average Bonchev–Trinajstić information content (AvgIpc) is 2.42. The molecule has 1 atom stereocenters. The molecule has 0 aliphatic carbocycles. The first-order valence-corrected chi connectivity index (χ1v) is 4.43. The number of hydrogen-bond acceptors (Lipinski definition) is 3. The quantitative estimate of drug-likeness (QED) is 0.664. The Bertz CT molecular complexity index is 441. The lowest BCUT2D eigenvalue weighted by Crippen LogP contribution is -2.21. The molecule has 0 saturated heterocycles. The van der Waals surface area contributed by atoms with Crippen molar-refractivity contribution in [2.45, 2.75) is 12.5 Å². The summed E-state index contributed by atoms with van der Waals surface area (Å²) in [5.41, 5.74) is 0.974. The van der Waals surface area contributed by atoms with Gasteiger partial charge in [-0.15, -0.1) is 0 Å². The van der Waals surface area contributed by atoms with E-state index in [1.807, 2.05) is 0 Å². The number of carbonyl (C=O) groups excluding carboxylic acids is 1. The molecule has 5 nitrogen and oxygen atoms in total. The number of benzene rings is 1. The van der Waals surface area contributed by atoms with Crippen molar-refractivity contribution in [3.05, 3.63) is 29.3 Å².